The van der Waals surface area contributed by atoms with E-state index in [0.29, 0.717) is 5.92 Å². The van der Waals surface area contributed by atoms with E-state index in [1.54, 1.807) is 12.5 Å². The Morgan fingerprint density at radius 3 is 2.94 bits per heavy atom. The molecule has 0 radical (unpaired) electrons. The third-order valence-corrected chi connectivity index (χ3v) is 3.24. The molecule has 2 rings (SSSR count). The van der Waals surface area contributed by atoms with Gasteiger partial charge >= 0.3 is 0 Å². The van der Waals surface area contributed by atoms with Crippen LogP contribution in [-0.4, -0.2) is 28.7 Å². The van der Waals surface area contributed by atoms with Gasteiger partial charge in [0, 0.05) is 30.8 Å². The van der Waals surface area contributed by atoms with Gasteiger partial charge in [0.2, 0.25) is 0 Å². The van der Waals surface area contributed by atoms with E-state index in [9.17, 15) is 0 Å². The van der Waals surface area contributed by atoms with E-state index in [2.05, 4.69) is 36.1 Å². The summed E-state index contributed by atoms with van der Waals surface area (Å²) in [5.74, 6) is 0.493. The first-order valence-electron chi connectivity index (χ1n) is 6.69. The predicted molar refractivity (Wildman–Crippen MR) is 71.2 cm³/mol. The van der Waals surface area contributed by atoms with Crippen LogP contribution in [0.1, 0.15) is 45.4 Å². The second kappa shape index (κ2) is 5.76. The number of nitrogens with one attached hydrogen (secondary N) is 1. The minimum absolute atomic E-state index is 0.108. The van der Waals surface area contributed by atoms with Crippen LogP contribution < -0.4 is 5.32 Å². The first kappa shape index (κ1) is 13.4. The molecule has 1 aliphatic rings. The van der Waals surface area contributed by atoms with Crippen LogP contribution in [0.15, 0.2) is 18.6 Å². The normalized spacial score (nSPS) is 25.1. The number of aromatic nitrogens is 2. The van der Waals surface area contributed by atoms with Crippen molar-refractivity contribution >= 4 is 0 Å². The van der Waals surface area contributed by atoms with Gasteiger partial charge in [0.15, 0.2) is 0 Å². The number of ether oxygens (including phenoxy) is 1. The van der Waals surface area contributed by atoms with Gasteiger partial charge in [-0.2, -0.15) is 0 Å². The maximum absolute atomic E-state index is 5.91. The molecule has 0 aliphatic carbocycles. The lowest BCUT2D eigenvalue weighted by Gasteiger charge is -2.33. The molecule has 1 saturated heterocycles. The molecule has 1 N–H and O–H groups in total. The molecule has 2 unspecified atom stereocenters. The van der Waals surface area contributed by atoms with E-state index in [0.717, 1.165) is 25.3 Å². The third-order valence-electron chi connectivity index (χ3n) is 3.24. The molecule has 2 heterocycles. The van der Waals surface area contributed by atoms with E-state index < -0.39 is 0 Å². The van der Waals surface area contributed by atoms with Gasteiger partial charge in [-0.15, -0.1) is 0 Å². The Morgan fingerprint density at radius 1 is 1.44 bits per heavy atom. The molecule has 0 aromatic carbocycles. The van der Waals surface area contributed by atoms with Gasteiger partial charge in [-0.1, -0.05) is 0 Å². The van der Waals surface area contributed by atoms with Crippen molar-refractivity contribution in [3.63, 3.8) is 0 Å². The van der Waals surface area contributed by atoms with Crippen molar-refractivity contribution in [3.8, 4) is 0 Å². The van der Waals surface area contributed by atoms with Gasteiger partial charge in [0.05, 0.1) is 5.69 Å². The van der Waals surface area contributed by atoms with E-state index in [4.69, 9.17) is 4.74 Å². The molecule has 0 spiro atoms. The molecule has 1 aliphatic heterocycles. The van der Waals surface area contributed by atoms with E-state index in [1.807, 2.05) is 6.07 Å². The van der Waals surface area contributed by atoms with Crippen molar-refractivity contribution in [2.45, 2.75) is 45.3 Å². The Hall–Kier alpha value is -1.00. The van der Waals surface area contributed by atoms with E-state index in [-0.39, 0.29) is 11.6 Å². The zero-order valence-electron chi connectivity index (χ0n) is 11.5. The van der Waals surface area contributed by atoms with E-state index in [1.165, 1.54) is 6.42 Å². The highest BCUT2D eigenvalue weighted by atomic mass is 16.5. The Bertz CT molecular complexity index is 361. The number of nitrogens with zero attached hydrogens (tertiary/aromatic N) is 2. The highest BCUT2D eigenvalue weighted by Gasteiger charge is 2.29. The van der Waals surface area contributed by atoms with Gasteiger partial charge in [0.1, 0.15) is 12.4 Å². The second-order valence-corrected chi connectivity index (χ2v) is 5.96. The van der Waals surface area contributed by atoms with Gasteiger partial charge in [-0.25, -0.2) is 9.97 Å². The minimum Gasteiger partial charge on any atom is -0.372 e. The van der Waals surface area contributed by atoms with Gasteiger partial charge < -0.3 is 10.1 Å². The van der Waals surface area contributed by atoms with Crippen molar-refractivity contribution in [1.29, 1.82) is 0 Å². The fraction of sp³-hybridized carbons (Fsp3) is 0.714. The monoisotopic (exact) mass is 249 g/mol. The average Bonchev–Trinajstić information content (AvgIpc) is 2.37. The maximum atomic E-state index is 5.91. The summed E-state index contributed by atoms with van der Waals surface area (Å²) in [6, 6.07) is 1.96. The Morgan fingerprint density at radius 2 is 2.28 bits per heavy atom. The molecule has 2 atom stereocenters. The largest absolute Gasteiger partial charge is 0.372 e. The molecule has 0 bridgehead atoms. The molecule has 100 valence electrons. The smallest absolute Gasteiger partial charge is 0.115 e. The van der Waals surface area contributed by atoms with Crippen molar-refractivity contribution in [2.75, 3.05) is 13.2 Å². The number of hydrogen-bond acceptors (Lipinski definition) is 4. The van der Waals surface area contributed by atoms with Gasteiger partial charge in [0.25, 0.3) is 0 Å². The summed E-state index contributed by atoms with van der Waals surface area (Å²) >= 11 is 0. The quantitative estimate of drug-likeness (QED) is 0.893. The highest BCUT2D eigenvalue weighted by Crippen LogP contribution is 2.32. The summed E-state index contributed by atoms with van der Waals surface area (Å²) in [5, 5.41) is 3.57. The maximum Gasteiger partial charge on any atom is 0.115 e. The molecular weight excluding hydrogens is 226 g/mol. The zero-order chi connectivity index (χ0) is 13.0. The van der Waals surface area contributed by atoms with Crippen LogP contribution in [0.4, 0.5) is 0 Å². The molecule has 18 heavy (non-hydrogen) atoms. The Labute approximate surface area is 109 Å². The summed E-state index contributed by atoms with van der Waals surface area (Å²) in [4.78, 5) is 8.30. The summed E-state index contributed by atoms with van der Waals surface area (Å²) in [7, 11) is 0. The fourth-order valence-corrected chi connectivity index (χ4v) is 2.29. The van der Waals surface area contributed by atoms with Crippen LogP contribution in [0.2, 0.25) is 0 Å². The fourth-order valence-electron chi connectivity index (χ4n) is 2.29. The molecule has 0 amide bonds. The first-order valence-corrected chi connectivity index (χ1v) is 6.69. The lowest BCUT2D eigenvalue weighted by Crippen LogP contribution is -2.41. The van der Waals surface area contributed by atoms with Crippen molar-refractivity contribution < 1.29 is 4.74 Å². The van der Waals surface area contributed by atoms with Crippen LogP contribution in [0.3, 0.4) is 0 Å². The van der Waals surface area contributed by atoms with Gasteiger partial charge in [-0.3, -0.25) is 0 Å². The van der Waals surface area contributed by atoms with Crippen LogP contribution in [-0.2, 0) is 4.74 Å². The minimum atomic E-state index is 0.108. The molecule has 1 fully saturated rings. The second-order valence-electron chi connectivity index (χ2n) is 5.96. The van der Waals surface area contributed by atoms with E-state index >= 15 is 0 Å². The Kier molecular flexibility index (Phi) is 4.30. The SMILES string of the molecule is CC(C)(C)NCC1CCCOC1c1ccncn1. The standard InChI is InChI=1S/C14H23N3O/c1-14(2,3)17-9-11-5-4-8-18-13(11)12-6-7-15-10-16-12/h6-7,10-11,13,17H,4-5,8-9H2,1-3H3. The molecule has 1 aromatic rings. The molecular formula is C14H23N3O. The average molecular weight is 249 g/mol. The molecule has 4 nitrogen and oxygen atoms in total. The van der Waals surface area contributed by atoms with Crippen LogP contribution in [0.25, 0.3) is 0 Å². The van der Waals surface area contributed by atoms with Crippen molar-refractivity contribution in [2.24, 2.45) is 5.92 Å². The zero-order valence-corrected chi connectivity index (χ0v) is 11.5. The molecule has 0 saturated carbocycles. The summed E-state index contributed by atoms with van der Waals surface area (Å²) in [5.41, 5.74) is 1.15. The third kappa shape index (κ3) is 3.75. The lowest BCUT2D eigenvalue weighted by atomic mass is 9.91. The summed E-state index contributed by atoms with van der Waals surface area (Å²) < 4.78 is 5.91. The number of rotatable bonds is 3. The highest BCUT2D eigenvalue weighted by molar-refractivity contribution is 5.05. The summed E-state index contributed by atoms with van der Waals surface area (Å²) in [6.45, 7) is 8.38. The van der Waals surface area contributed by atoms with Crippen LogP contribution in [0, 0.1) is 5.92 Å². The molecule has 4 heteroatoms. The van der Waals surface area contributed by atoms with Crippen LogP contribution >= 0.6 is 0 Å². The van der Waals surface area contributed by atoms with Crippen molar-refractivity contribution in [1.82, 2.24) is 15.3 Å². The van der Waals surface area contributed by atoms with Crippen LogP contribution in [0.5, 0.6) is 0 Å². The van der Waals surface area contributed by atoms with Crippen molar-refractivity contribution in [3.05, 3.63) is 24.3 Å². The summed E-state index contributed by atoms with van der Waals surface area (Å²) in [6.07, 6.45) is 5.82. The topological polar surface area (TPSA) is 47.0 Å². The Balaban J connectivity index is 2.02. The van der Waals surface area contributed by atoms with Gasteiger partial charge in [-0.05, 0) is 39.7 Å². The lowest BCUT2D eigenvalue weighted by molar-refractivity contribution is -0.0318. The number of hydrogen-bond donors (Lipinski definition) is 1. The first-order chi connectivity index (χ1) is 8.56. The molecule has 1 aromatic heterocycles. The predicted octanol–water partition coefficient (Wildman–Crippen LogP) is 2.33.